The number of aromatic nitrogens is 3. The summed E-state index contributed by atoms with van der Waals surface area (Å²) in [5.74, 6) is 1.70. The quantitative estimate of drug-likeness (QED) is 0.445. The molecule has 0 aliphatic carbocycles. The molecule has 2 heterocycles. The molecule has 3 rings (SSSR count). The molecule has 0 aliphatic heterocycles. The number of anilines is 3. The summed E-state index contributed by atoms with van der Waals surface area (Å²) in [4.78, 5) is 4.21. The molecule has 0 fully saturated rings. The SMILES string of the molecule is Cc1ccnc(Nc2ccc(NCCNS(=O)(=O)Cc3ccc(Cl)cc3)nn2)c1. The summed E-state index contributed by atoms with van der Waals surface area (Å²) < 4.78 is 26.8. The molecular formula is C19H21ClN6O2S. The normalized spacial score (nSPS) is 11.2. The van der Waals surface area contributed by atoms with Gasteiger partial charge in [0.1, 0.15) is 11.6 Å². The van der Waals surface area contributed by atoms with Crippen molar-refractivity contribution in [2.45, 2.75) is 12.7 Å². The van der Waals surface area contributed by atoms with Gasteiger partial charge in [0, 0.05) is 24.3 Å². The van der Waals surface area contributed by atoms with Gasteiger partial charge in [0.2, 0.25) is 10.0 Å². The standard InChI is InChI=1S/C19H21ClN6O2S/c1-14-8-9-21-19(12-14)24-18-7-6-17(25-26-18)22-10-11-23-29(27,28)13-15-2-4-16(20)5-3-15/h2-9,12,23H,10-11,13H2,1H3,(H,22,25)(H,21,24,26). The fourth-order valence-corrected chi connectivity index (χ4v) is 3.75. The highest BCUT2D eigenvalue weighted by molar-refractivity contribution is 7.88. The Kier molecular flexibility index (Phi) is 6.97. The Balaban J connectivity index is 1.43. The first-order valence-corrected chi connectivity index (χ1v) is 10.9. The Labute approximate surface area is 174 Å². The van der Waals surface area contributed by atoms with Gasteiger partial charge in [-0.1, -0.05) is 23.7 Å². The lowest BCUT2D eigenvalue weighted by molar-refractivity contribution is 0.582. The maximum atomic E-state index is 12.1. The van der Waals surface area contributed by atoms with E-state index < -0.39 is 10.0 Å². The molecule has 3 aromatic rings. The zero-order valence-corrected chi connectivity index (χ0v) is 17.3. The predicted octanol–water partition coefficient (Wildman–Crippen LogP) is 3.11. The second-order valence-electron chi connectivity index (χ2n) is 6.35. The Hall–Kier alpha value is -2.75. The smallest absolute Gasteiger partial charge is 0.215 e. The number of pyridine rings is 1. The van der Waals surface area contributed by atoms with Gasteiger partial charge in [0.25, 0.3) is 0 Å². The van der Waals surface area contributed by atoms with Crippen LogP contribution in [0.15, 0.2) is 54.7 Å². The number of hydrogen-bond acceptors (Lipinski definition) is 7. The van der Waals surface area contributed by atoms with E-state index in [2.05, 4.69) is 30.5 Å². The summed E-state index contributed by atoms with van der Waals surface area (Å²) in [7, 11) is -3.43. The van der Waals surface area contributed by atoms with Crippen LogP contribution in [0.4, 0.5) is 17.5 Å². The molecule has 0 unspecified atom stereocenters. The number of nitrogens with one attached hydrogen (secondary N) is 3. The zero-order valence-electron chi connectivity index (χ0n) is 15.8. The number of benzene rings is 1. The average Bonchev–Trinajstić information content (AvgIpc) is 2.68. The highest BCUT2D eigenvalue weighted by Crippen LogP contribution is 2.14. The molecule has 0 aliphatic rings. The van der Waals surface area contributed by atoms with Crippen LogP contribution in [0.2, 0.25) is 5.02 Å². The first kappa shape index (κ1) is 21.0. The first-order valence-electron chi connectivity index (χ1n) is 8.89. The van der Waals surface area contributed by atoms with Gasteiger partial charge in [-0.05, 0) is 54.4 Å². The molecule has 8 nitrogen and oxygen atoms in total. The van der Waals surface area contributed by atoms with Gasteiger partial charge in [-0.3, -0.25) is 0 Å². The summed E-state index contributed by atoms with van der Waals surface area (Å²) in [5, 5.41) is 14.8. The van der Waals surface area contributed by atoms with Gasteiger partial charge in [0.05, 0.1) is 5.75 Å². The van der Waals surface area contributed by atoms with Crippen molar-refractivity contribution < 1.29 is 8.42 Å². The highest BCUT2D eigenvalue weighted by atomic mass is 35.5. The number of rotatable bonds is 9. The van der Waals surface area contributed by atoms with Gasteiger partial charge in [-0.2, -0.15) is 0 Å². The number of sulfonamides is 1. The van der Waals surface area contributed by atoms with Crippen LogP contribution in [-0.2, 0) is 15.8 Å². The number of aryl methyl sites for hydroxylation is 1. The van der Waals surface area contributed by atoms with Crippen molar-refractivity contribution in [3.63, 3.8) is 0 Å². The maximum Gasteiger partial charge on any atom is 0.215 e. The Morgan fingerprint density at radius 2 is 1.66 bits per heavy atom. The average molecular weight is 433 g/mol. The second-order valence-corrected chi connectivity index (χ2v) is 8.60. The highest BCUT2D eigenvalue weighted by Gasteiger charge is 2.10. The van der Waals surface area contributed by atoms with E-state index in [1.165, 1.54) is 0 Å². The third-order valence-electron chi connectivity index (χ3n) is 3.86. The molecular weight excluding hydrogens is 412 g/mol. The van der Waals surface area contributed by atoms with Gasteiger partial charge in [-0.15, -0.1) is 10.2 Å². The molecule has 0 spiro atoms. The van der Waals surface area contributed by atoms with Crippen molar-refractivity contribution >= 4 is 39.1 Å². The van der Waals surface area contributed by atoms with Crippen molar-refractivity contribution in [2.24, 2.45) is 0 Å². The minimum Gasteiger partial charge on any atom is -0.367 e. The van der Waals surface area contributed by atoms with Crippen LogP contribution in [0.1, 0.15) is 11.1 Å². The molecule has 0 atom stereocenters. The summed E-state index contributed by atoms with van der Waals surface area (Å²) in [6.45, 7) is 2.58. The van der Waals surface area contributed by atoms with E-state index in [1.807, 2.05) is 19.1 Å². The number of halogens is 1. The molecule has 0 amide bonds. The molecule has 0 saturated carbocycles. The minimum atomic E-state index is -3.43. The number of nitrogens with zero attached hydrogens (tertiary/aromatic N) is 3. The lowest BCUT2D eigenvalue weighted by atomic mass is 10.2. The Morgan fingerprint density at radius 3 is 2.34 bits per heavy atom. The molecule has 2 aromatic heterocycles. The fourth-order valence-electron chi connectivity index (χ4n) is 2.48. The molecule has 0 bridgehead atoms. The van der Waals surface area contributed by atoms with Gasteiger partial charge in [0.15, 0.2) is 5.82 Å². The molecule has 0 saturated heterocycles. The molecule has 3 N–H and O–H groups in total. The van der Waals surface area contributed by atoms with Crippen LogP contribution in [-0.4, -0.2) is 36.7 Å². The summed E-state index contributed by atoms with van der Waals surface area (Å²) in [5.41, 5.74) is 1.76. The largest absolute Gasteiger partial charge is 0.367 e. The monoisotopic (exact) mass is 432 g/mol. The van der Waals surface area contributed by atoms with Crippen LogP contribution >= 0.6 is 11.6 Å². The maximum absolute atomic E-state index is 12.1. The summed E-state index contributed by atoms with van der Waals surface area (Å²) in [6.07, 6.45) is 1.72. The van der Waals surface area contributed by atoms with Crippen LogP contribution in [0, 0.1) is 6.92 Å². The Bertz CT molecular complexity index is 1040. The van der Waals surface area contributed by atoms with Crippen molar-refractivity contribution in [1.82, 2.24) is 19.9 Å². The van der Waals surface area contributed by atoms with Gasteiger partial charge < -0.3 is 10.6 Å². The van der Waals surface area contributed by atoms with E-state index in [0.717, 1.165) is 5.56 Å². The zero-order chi connectivity index (χ0) is 20.7. The summed E-state index contributed by atoms with van der Waals surface area (Å²) >= 11 is 5.81. The van der Waals surface area contributed by atoms with E-state index in [9.17, 15) is 8.42 Å². The third-order valence-corrected chi connectivity index (χ3v) is 5.47. The van der Waals surface area contributed by atoms with Crippen LogP contribution in [0.25, 0.3) is 0 Å². The predicted molar refractivity (Wildman–Crippen MR) is 115 cm³/mol. The Morgan fingerprint density at radius 1 is 0.931 bits per heavy atom. The topological polar surface area (TPSA) is 109 Å². The van der Waals surface area contributed by atoms with Crippen molar-refractivity contribution in [1.29, 1.82) is 0 Å². The van der Waals surface area contributed by atoms with Crippen LogP contribution in [0.3, 0.4) is 0 Å². The molecule has 1 aromatic carbocycles. The van der Waals surface area contributed by atoms with Crippen molar-refractivity contribution in [3.8, 4) is 0 Å². The number of hydrogen-bond donors (Lipinski definition) is 3. The molecule has 29 heavy (non-hydrogen) atoms. The fraction of sp³-hybridized carbons (Fsp3) is 0.211. The van der Waals surface area contributed by atoms with Crippen molar-refractivity contribution in [2.75, 3.05) is 23.7 Å². The van der Waals surface area contributed by atoms with E-state index in [1.54, 1.807) is 42.6 Å². The van der Waals surface area contributed by atoms with Crippen LogP contribution in [0.5, 0.6) is 0 Å². The lowest BCUT2D eigenvalue weighted by Crippen LogP contribution is -2.30. The molecule has 152 valence electrons. The minimum absolute atomic E-state index is 0.0999. The van der Waals surface area contributed by atoms with Crippen molar-refractivity contribution in [3.05, 3.63) is 70.9 Å². The third kappa shape index (κ3) is 6.97. The second kappa shape index (κ2) is 9.64. The van der Waals surface area contributed by atoms with E-state index in [0.29, 0.717) is 34.6 Å². The summed E-state index contributed by atoms with van der Waals surface area (Å²) in [6, 6.07) is 14.1. The first-order chi connectivity index (χ1) is 13.9. The lowest BCUT2D eigenvalue weighted by Gasteiger charge is -2.09. The van der Waals surface area contributed by atoms with E-state index >= 15 is 0 Å². The van der Waals surface area contributed by atoms with E-state index in [-0.39, 0.29) is 12.3 Å². The van der Waals surface area contributed by atoms with E-state index in [4.69, 9.17) is 11.6 Å². The molecule has 0 radical (unpaired) electrons. The van der Waals surface area contributed by atoms with Crippen LogP contribution < -0.4 is 15.4 Å². The van der Waals surface area contributed by atoms with Gasteiger partial charge in [-0.25, -0.2) is 18.1 Å². The molecule has 10 heteroatoms. The van der Waals surface area contributed by atoms with Gasteiger partial charge >= 0.3 is 0 Å².